The number of aromatic nitrogens is 2. The molecule has 0 saturated heterocycles. The molecule has 0 unspecified atom stereocenters. The highest BCUT2D eigenvalue weighted by atomic mass is 16.5. The van der Waals surface area contributed by atoms with E-state index >= 15 is 0 Å². The van der Waals surface area contributed by atoms with E-state index in [1.165, 1.54) is 12.8 Å². The Balaban J connectivity index is 2.04. The van der Waals surface area contributed by atoms with Gasteiger partial charge < -0.3 is 9.63 Å². The Morgan fingerprint density at radius 2 is 2.19 bits per heavy atom. The largest absolute Gasteiger partial charge is 0.481 e. The molecule has 0 aromatic carbocycles. The van der Waals surface area contributed by atoms with Crippen LogP contribution >= 0.6 is 0 Å². The van der Waals surface area contributed by atoms with Crippen LogP contribution in [0.3, 0.4) is 0 Å². The van der Waals surface area contributed by atoms with Crippen LogP contribution < -0.4 is 0 Å². The molecule has 0 aliphatic heterocycles. The highest BCUT2D eigenvalue weighted by Crippen LogP contribution is 2.38. The topological polar surface area (TPSA) is 76.2 Å². The molecule has 16 heavy (non-hydrogen) atoms. The molecule has 0 radical (unpaired) electrons. The van der Waals surface area contributed by atoms with Crippen molar-refractivity contribution >= 4 is 5.97 Å². The number of hydrogen-bond donors (Lipinski definition) is 1. The molecular formula is C11H16N2O3. The number of carboxylic acid groups (broad SMARTS) is 1. The van der Waals surface area contributed by atoms with Gasteiger partial charge in [0.2, 0.25) is 5.89 Å². The molecule has 1 aliphatic rings. The third kappa shape index (κ3) is 2.23. The second-order valence-electron chi connectivity index (χ2n) is 4.67. The van der Waals surface area contributed by atoms with E-state index in [1.807, 2.05) is 0 Å². The molecule has 1 aromatic rings. The Hall–Kier alpha value is -1.39. The Labute approximate surface area is 93.9 Å². The normalized spacial score (nSPS) is 18.8. The van der Waals surface area contributed by atoms with Crippen LogP contribution in [0.4, 0.5) is 0 Å². The lowest BCUT2D eigenvalue weighted by Crippen LogP contribution is -2.18. The van der Waals surface area contributed by atoms with Crippen LogP contribution in [0.1, 0.15) is 50.7 Å². The fraction of sp³-hybridized carbons (Fsp3) is 0.727. The molecule has 88 valence electrons. The third-order valence-electron chi connectivity index (χ3n) is 3.27. The maximum atomic E-state index is 10.4. The van der Waals surface area contributed by atoms with Crippen molar-refractivity contribution in [1.82, 2.24) is 10.1 Å². The van der Waals surface area contributed by atoms with Gasteiger partial charge in [-0.1, -0.05) is 24.9 Å². The Kier molecular flexibility index (Phi) is 2.94. The van der Waals surface area contributed by atoms with Gasteiger partial charge in [0.25, 0.3) is 0 Å². The zero-order chi connectivity index (χ0) is 11.6. The van der Waals surface area contributed by atoms with Gasteiger partial charge in [0.05, 0.1) is 6.42 Å². The van der Waals surface area contributed by atoms with Crippen LogP contribution in [0.2, 0.25) is 0 Å². The summed E-state index contributed by atoms with van der Waals surface area (Å²) >= 11 is 0. The van der Waals surface area contributed by atoms with Crippen molar-refractivity contribution < 1.29 is 14.4 Å². The van der Waals surface area contributed by atoms with Crippen LogP contribution in [-0.4, -0.2) is 21.2 Å². The van der Waals surface area contributed by atoms with Gasteiger partial charge in [0.1, 0.15) is 0 Å². The summed E-state index contributed by atoms with van der Waals surface area (Å²) in [5.74, 6) is 0.336. The number of nitrogens with zero attached hydrogens (tertiary/aromatic N) is 2. The fourth-order valence-electron chi connectivity index (χ4n) is 2.19. The highest BCUT2D eigenvalue weighted by molar-refractivity contribution is 5.66. The van der Waals surface area contributed by atoms with Gasteiger partial charge in [-0.2, -0.15) is 4.98 Å². The molecule has 0 atom stereocenters. The molecule has 1 N–H and O–H groups in total. The summed E-state index contributed by atoms with van der Waals surface area (Å²) in [5.41, 5.74) is 0.0327. The number of aliphatic carboxylic acids is 1. The number of aryl methyl sites for hydroxylation is 1. The molecule has 5 heteroatoms. The number of carboxylic acids is 1. The van der Waals surface area contributed by atoms with Crippen molar-refractivity contribution in [3.05, 3.63) is 11.7 Å². The predicted octanol–water partition coefficient (Wildman–Crippen LogP) is 1.92. The first-order valence-corrected chi connectivity index (χ1v) is 5.65. The fourth-order valence-corrected chi connectivity index (χ4v) is 2.19. The van der Waals surface area contributed by atoms with E-state index in [1.54, 1.807) is 0 Å². The summed E-state index contributed by atoms with van der Waals surface area (Å²) in [5, 5.41) is 12.5. The van der Waals surface area contributed by atoms with E-state index in [0.717, 1.165) is 18.7 Å². The average molecular weight is 224 g/mol. The molecule has 1 aliphatic carbocycles. The maximum absolute atomic E-state index is 10.4. The molecule has 1 aromatic heterocycles. The lowest BCUT2D eigenvalue weighted by atomic mass is 9.88. The molecule has 5 nitrogen and oxygen atoms in total. The summed E-state index contributed by atoms with van der Waals surface area (Å²) < 4.78 is 5.07. The zero-order valence-electron chi connectivity index (χ0n) is 9.40. The monoisotopic (exact) mass is 224 g/mol. The van der Waals surface area contributed by atoms with Gasteiger partial charge in [-0.15, -0.1) is 0 Å². The molecular weight excluding hydrogens is 208 g/mol. The molecule has 1 fully saturated rings. The molecule has 0 bridgehead atoms. The lowest BCUT2D eigenvalue weighted by Gasteiger charge is -2.17. The van der Waals surface area contributed by atoms with E-state index in [0.29, 0.717) is 12.3 Å². The average Bonchev–Trinajstić information content (AvgIpc) is 2.84. The standard InChI is InChI=1S/C11H16N2O3/c1-11(6-2-3-7-11)10-12-8(16-13-10)4-5-9(14)15/h2-7H2,1H3,(H,14,15). The van der Waals surface area contributed by atoms with Crippen LogP contribution in [-0.2, 0) is 16.6 Å². The van der Waals surface area contributed by atoms with Crippen LogP contribution in [0, 0.1) is 0 Å². The van der Waals surface area contributed by atoms with E-state index < -0.39 is 5.97 Å². The minimum atomic E-state index is -0.841. The van der Waals surface area contributed by atoms with Gasteiger partial charge in [-0.25, -0.2) is 0 Å². The molecule has 1 heterocycles. The van der Waals surface area contributed by atoms with E-state index in [4.69, 9.17) is 9.63 Å². The molecule has 0 amide bonds. The minimum Gasteiger partial charge on any atom is -0.481 e. The van der Waals surface area contributed by atoms with Crippen LogP contribution in [0.5, 0.6) is 0 Å². The Morgan fingerprint density at radius 3 is 2.81 bits per heavy atom. The van der Waals surface area contributed by atoms with Gasteiger partial charge in [0.15, 0.2) is 5.82 Å². The van der Waals surface area contributed by atoms with Crippen molar-refractivity contribution in [2.24, 2.45) is 0 Å². The van der Waals surface area contributed by atoms with Gasteiger partial charge >= 0.3 is 5.97 Å². The number of rotatable bonds is 4. The smallest absolute Gasteiger partial charge is 0.303 e. The van der Waals surface area contributed by atoms with E-state index in [9.17, 15) is 4.79 Å². The third-order valence-corrected chi connectivity index (χ3v) is 3.27. The second kappa shape index (κ2) is 4.23. The molecule has 2 rings (SSSR count). The summed E-state index contributed by atoms with van der Waals surface area (Å²) in [6, 6.07) is 0. The summed E-state index contributed by atoms with van der Waals surface area (Å²) in [7, 11) is 0. The summed E-state index contributed by atoms with van der Waals surface area (Å²) in [4.78, 5) is 14.7. The number of hydrogen-bond acceptors (Lipinski definition) is 4. The number of carbonyl (C=O) groups is 1. The summed E-state index contributed by atoms with van der Waals surface area (Å²) in [6.07, 6.45) is 4.94. The highest BCUT2D eigenvalue weighted by Gasteiger charge is 2.35. The first-order chi connectivity index (χ1) is 7.60. The van der Waals surface area contributed by atoms with E-state index in [2.05, 4.69) is 17.1 Å². The van der Waals surface area contributed by atoms with E-state index in [-0.39, 0.29) is 11.8 Å². The lowest BCUT2D eigenvalue weighted by molar-refractivity contribution is -0.137. The van der Waals surface area contributed by atoms with Crippen molar-refractivity contribution in [3.63, 3.8) is 0 Å². The Bertz CT molecular complexity index is 380. The predicted molar refractivity (Wildman–Crippen MR) is 56.1 cm³/mol. The Morgan fingerprint density at radius 1 is 1.50 bits per heavy atom. The van der Waals surface area contributed by atoms with Crippen LogP contribution in [0.15, 0.2) is 4.52 Å². The van der Waals surface area contributed by atoms with Gasteiger partial charge in [-0.3, -0.25) is 4.79 Å². The minimum absolute atomic E-state index is 0.0327. The van der Waals surface area contributed by atoms with Gasteiger partial charge in [-0.05, 0) is 12.8 Å². The molecule has 0 spiro atoms. The van der Waals surface area contributed by atoms with Crippen LogP contribution in [0.25, 0.3) is 0 Å². The summed E-state index contributed by atoms with van der Waals surface area (Å²) in [6.45, 7) is 2.14. The maximum Gasteiger partial charge on any atom is 0.303 e. The van der Waals surface area contributed by atoms with Crippen molar-refractivity contribution in [3.8, 4) is 0 Å². The first-order valence-electron chi connectivity index (χ1n) is 5.65. The quantitative estimate of drug-likeness (QED) is 0.845. The second-order valence-corrected chi connectivity index (χ2v) is 4.67. The SMILES string of the molecule is CC1(c2noc(CCC(=O)O)n2)CCCC1. The molecule has 1 saturated carbocycles. The first kappa shape index (κ1) is 11.1. The van der Waals surface area contributed by atoms with Crippen molar-refractivity contribution in [2.75, 3.05) is 0 Å². The van der Waals surface area contributed by atoms with Crippen molar-refractivity contribution in [1.29, 1.82) is 0 Å². The van der Waals surface area contributed by atoms with Crippen molar-refractivity contribution in [2.45, 2.75) is 50.9 Å². The van der Waals surface area contributed by atoms with Gasteiger partial charge in [0, 0.05) is 11.8 Å². The zero-order valence-corrected chi connectivity index (χ0v) is 9.40.